The molecule has 0 fully saturated rings. The van der Waals surface area contributed by atoms with Crippen molar-refractivity contribution in [3.8, 4) is 0 Å². The third-order valence-electron chi connectivity index (χ3n) is 1.45. The SMILES string of the molecule is NC(=O)C[C@H](N)C(=O)[O-].NC(=O)C[C@H](N)C(=O)[O-].[Zn+2]. The molecule has 0 bridgehead atoms. The summed E-state index contributed by atoms with van der Waals surface area (Å²) in [5.74, 6) is -4.42. The first kappa shape index (κ1) is 22.6. The van der Waals surface area contributed by atoms with Crippen LogP contribution in [0.15, 0.2) is 0 Å². The fourth-order valence-corrected chi connectivity index (χ4v) is 0.600. The van der Waals surface area contributed by atoms with E-state index in [1.165, 1.54) is 0 Å². The van der Waals surface area contributed by atoms with E-state index in [2.05, 4.69) is 11.5 Å². The normalized spacial score (nSPS) is 11.9. The summed E-state index contributed by atoms with van der Waals surface area (Å²) in [5, 5.41) is 19.6. The van der Waals surface area contributed by atoms with E-state index in [-0.39, 0.29) is 32.3 Å². The number of hydrogen-bond donors (Lipinski definition) is 4. The number of rotatable bonds is 6. The number of hydrogen-bond acceptors (Lipinski definition) is 8. The first-order valence-electron chi connectivity index (χ1n) is 4.57. The van der Waals surface area contributed by atoms with Crippen molar-refractivity contribution in [1.82, 2.24) is 0 Å². The standard InChI is InChI=1S/2C4H8N2O3.Zn/c2*5-2(4(8)9)1-3(6)7;/h2*2H,1,5H2,(H2,6,7)(H,8,9);/q;;+2/p-2/t2*2-;/m00./s1. The van der Waals surface area contributed by atoms with E-state index in [0.29, 0.717) is 0 Å². The van der Waals surface area contributed by atoms with Crippen LogP contribution in [0.3, 0.4) is 0 Å². The molecule has 0 rings (SSSR count). The van der Waals surface area contributed by atoms with Gasteiger partial charge in [0, 0.05) is 12.8 Å². The van der Waals surface area contributed by atoms with Crippen LogP contribution in [0, 0.1) is 0 Å². The van der Waals surface area contributed by atoms with Crippen LogP contribution in [-0.2, 0) is 38.7 Å². The molecular formula is C8H14N4O6Zn. The van der Waals surface area contributed by atoms with Gasteiger partial charge in [0.05, 0.1) is 24.0 Å². The number of primary amides is 2. The molecule has 10 nitrogen and oxygen atoms in total. The molecule has 0 aromatic rings. The minimum atomic E-state index is -1.46. The quantitative estimate of drug-likeness (QED) is 0.343. The van der Waals surface area contributed by atoms with Crippen molar-refractivity contribution >= 4 is 23.8 Å². The summed E-state index contributed by atoms with van der Waals surface area (Å²) in [7, 11) is 0. The Labute approximate surface area is 121 Å². The molecule has 0 radical (unpaired) electrons. The zero-order valence-corrected chi connectivity index (χ0v) is 13.0. The van der Waals surface area contributed by atoms with Crippen LogP contribution in [0.4, 0.5) is 0 Å². The summed E-state index contributed by atoms with van der Waals surface area (Å²) in [6.45, 7) is 0. The topological polar surface area (TPSA) is 218 Å². The Hall–Kier alpha value is -1.58. The number of amides is 2. The van der Waals surface area contributed by atoms with Gasteiger partial charge >= 0.3 is 19.5 Å². The predicted molar refractivity (Wildman–Crippen MR) is 53.6 cm³/mol. The van der Waals surface area contributed by atoms with Gasteiger partial charge in [-0.3, -0.25) is 9.59 Å². The van der Waals surface area contributed by atoms with Gasteiger partial charge < -0.3 is 42.7 Å². The molecule has 104 valence electrons. The van der Waals surface area contributed by atoms with E-state index in [9.17, 15) is 29.4 Å². The van der Waals surface area contributed by atoms with Gasteiger partial charge in [0.25, 0.3) is 0 Å². The van der Waals surface area contributed by atoms with E-state index in [0.717, 1.165) is 0 Å². The van der Waals surface area contributed by atoms with Crippen LogP contribution >= 0.6 is 0 Å². The van der Waals surface area contributed by atoms with E-state index in [1.54, 1.807) is 0 Å². The average molecular weight is 328 g/mol. The Morgan fingerprint density at radius 1 is 0.789 bits per heavy atom. The Balaban J connectivity index is -0.000000256. The smallest absolute Gasteiger partial charge is 0.548 e. The number of aliphatic carboxylic acids is 2. The second kappa shape index (κ2) is 11.5. The fraction of sp³-hybridized carbons (Fsp3) is 0.500. The molecule has 2 atom stereocenters. The average Bonchev–Trinajstić information content (AvgIpc) is 2.16. The molecule has 0 saturated heterocycles. The van der Waals surface area contributed by atoms with Crippen LogP contribution in [0.5, 0.6) is 0 Å². The Kier molecular flexibility index (Phi) is 13.7. The Morgan fingerprint density at radius 3 is 1.05 bits per heavy atom. The third-order valence-corrected chi connectivity index (χ3v) is 1.45. The molecule has 0 aliphatic carbocycles. The summed E-state index contributed by atoms with van der Waals surface area (Å²) in [6.07, 6.45) is -0.745. The number of nitrogens with two attached hydrogens (primary N) is 4. The van der Waals surface area contributed by atoms with Crippen LogP contribution in [0.2, 0.25) is 0 Å². The van der Waals surface area contributed by atoms with E-state index in [1.807, 2.05) is 0 Å². The largest absolute Gasteiger partial charge is 2.00 e. The van der Waals surface area contributed by atoms with Gasteiger partial charge in [-0.2, -0.15) is 0 Å². The van der Waals surface area contributed by atoms with E-state index in [4.69, 9.17) is 11.5 Å². The molecule has 0 aromatic carbocycles. The molecule has 0 spiro atoms. The van der Waals surface area contributed by atoms with Crippen LogP contribution in [-0.4, -0.2) is 35.8 Å². The number of carboxylic acid groups (broad SMARTS) is 2. The molecule has 19 heavy (non-hydrogen) atoms. The molecule has 0 saturated carbocycles. The van der Waals surface area contributed by atoms with Crippen molar-refractivity contribution in [3.05, 3.63) is 0 Å². The number of carbonyl (C=O) groups excluding carboxylic acids is 4. The molecule has 0 heterocycles. The van der Waals surface area contributed by atoms with Gasteiger partial charge in [-0.15, -0.1) is 0 Å². The summed E-state index contributed by atoms with van der Waals surface area (Å²) in [5.41, 5.74) is 19.0. The summed E-state index contributed by atoms with van der Waals surface area (Å²) in [4.78, 5) is 39.5. The van der Waals surface area contributed by atoms with Crippen LogP contribution < -0.4 is 33.1 Å². The maximum Gasteiger partial charge on any atom is 2.00 e. The van der Waals surface area contributed by atoms with Crippen molar-refractivity contribution in [1.29, 1.82) is 0 Å². The fourth-order valence-electron chi connectivity index (χ4n) is 0.600. The molecule has 0 aromatic heterocycles. The van der Waals surface area contributed by atoms with Gasteiger partial charge in [0.2, 0.25) is 11.8 Å². The molecule has 0 aliphatic rings. The minimum absolute atomic E-state index is 0. The molecule has 0 aliphatic heterocycles. The second-order valence-corrected chi connectivity index (χ2v) is 3.19. The first-order valence-corrected chi connectivity index (χ1v) is 4.57. The summed E-state index contributed by atoms with van der Waals surface area (Å²) in [6, 6.07) is -2.55. The first-order chi connectivity index (χ1) is 8.07. The molecular weight excluding hydrogens is 313 g/mol. The second-order valence-electron chi connectivity index (χ2n) is 3.19. The van der Waals surface area contributed by atoms with E-state index >= 15 is 0 Å². The zero-order chi connectivity index (χ0) is 14.9. The van der Waals surface area contributed by atoms with E-state index < -0.39 is 35.8 Å². The van der Waals surface area contributed by atoms with Crippen LogP contribution in [0.25, 0.3) is 0 Å². The number of carboxylic acids is 2. The van der Waals surface area contributed by atoms with Gasteiger partial charge in [0.15, 0.2) is 0 Å². The monoisotopic (exact) mass is 326 g/mol. The molecule has 2 amide bonds. The van der Waals surface area contributed by atoms with Crippen LogP contribution in [0.1, 0.15) is 12.8 Å². The van der Waals surface area contributed by atoms with Crippen molar-refractivity contribution in [3.63, 3.8) is 0 Å². The van der Waals surface area contributed by atoms with Crippen molar-refractivity contribution in [2.75, 3.05) is 0 Å². The van der Waals surface area contributed by atoms with Gasteiger partial charge in [-0.25, -0.2) is 0 Å². The number of carbonyl (C=O) groups is 4. The summed E-state index contributed by atoms with van der Waals surface area (Å²) < 4.78 is 0. The third kappa shape index (κ3) is 16.4. The van der Waals surface area contributed by atoms with Crippen molar-refractivity contribution in [2.45, 2.75) is 24.9 Å². The molecule has 11 heteroatoms. The minimum Gasteiger partial charge on any atom is -0.548 e. The van der Waals surface area contributed by atoms with Gasteiger partial charge in [0.1, 0.15) is 0 Å². The van der Waals surface area contributed by atoms with Gasteiger partial charge in [-0.05, 0) is 0 Å². The molecule has 0 unspecified atom stereocenters. The Bertz CT molecular complexity index is 305. The van der Waals surface area contributed by atoms with Crippen molar-refractivity contribution < 1.29 is 48.9 Å². The molecule has 8 N–H and O–H groups in total. The van der Waals surface area contributed by atoms with Crippen molar-refractivity contribution in [2.24, 2.45) is 22.9 Å². The Morgan fingerprint density at radius 2 is 1.00 bits per heavy atom. The maximum atomic E-state index is 9.97. The van der Waals surface area contributed by atoms with Gasteiger partial charge in [-0.1, -0.05) is 0 Å². The maximum absolute atomic E-state index is 9.97. The predicted octanol–water partition coefficient (Wildman–Crippen LogP) is -6.12. The summed E-state index contributed by atoms with van der Waals surface area (Å²) >= 11 is 0. The zero-order valence-electron chi connectivity index (χ0n) is 10.0.